The van der Waals surface area contributed by atoms with Crippen molar-refractivity contribution in [2.45, 2.75) is 32.9 Å². The molecule has 0 aliphatic heterocycles. The van der Waals surface area contributed by atoms with Gasteiger partial charge in [-0.05, 0) is 44.5 Å². The van der Waals surface area contributed by atoms with Gasteiger partial charge in [-0.25, -0.2) is 0 Å². The molecule has 0 radical (unpaired) electrons. The highest BCUT2D eigenvalue weighted by Crippen LogP contribution is 2.22. The normalized spacial score (nSPS) is 14.3. The molecular formula is C15H20N2O2. The summed E-state index contributed by atoms with van der Waals surface area (Å²) in [7, 11) is 0. The molecule has 2 N–H and O–H groups in total. The highest BCUT2D eigenvalue weighted by Gasteiger charge is 2.26. The highest BCUT2D eigenvalue weighted by molar-refractivity contribution is 5.18. The van der Waals surface area contributed by atoms with Gasteiger partial charge in [0.25, 0.3) is 0 Å². The Morgan fingerprint density at radius 1 is 1.32 bits per heavy atom. The first-order chi connectivity index (χ1) is 8.99. The maximum absolute atomic E-state index is 10.4. The van der Waals surface area contributed by atoms with Crippen molar-refractivity contribution in [1.29, 1.82) is 0 Å². The van der Waals surface area contributed by atoms with Gasteiger partial charge in [0.05, 0.1) is 0 Å². The van der Waals surface area contributed by atoms with E-state index in [0.717, 1.165) is 17.0 Å². The van der Waals surface area contributed by atoms with Gasteiger partial charge in [-0.15, -0.1) is 0 Å². The maximum atomic E-state index is 10.4. The molecule has 2 aromatic rings. The Kier molecular flexibility index (Phi) is 4.02. The Bertz CT molecular complexity index is 547. The summed E-state index contributed by atoms with van der Waals surface area (Å²) in [5.41, 5.74) is 1.13. The van der Waals surface area contributed by atoms with Crippen LogP contribution in [0.3, 0.4) is 0 Å². The molecule has 0 amide bonds. The second-order valence-corrected chi connectivity index (χ2v) is 5.04. The third-order valence-electron chi connectivity index (χ3n) is 3.17. The van der Waals surface area contributed by atoms with Crippen LogP contribution in [0.15, 0.2) is 34.9 Å². The zero-order valence-corrected chi connectivity index (χ0v) is 11.6. The minimum atomic E-state index is -1.01. The summed E-state index contributed by atoms with van der Waals surface area (Å²) >= 11 is 0. The van der Waals surface area contributed by atoms with Crippen LogP contribution in [-0.2, 0) is 12.1 Å². The molecule has 2 aromatic heterocycles. The van der Waals surface area contributed by atoms with Crippen LogP contribution < -0.4 is 5.32 Å². The fourth-order valence-electron chi connectivity index (χ4n) is 1.96. The van der Waals surface area contributed by atoms with Crippen molar-refractivity contribution in [3.63, 3.8) is 0 Å². The molecule has 2 rings (SSSR count). The number of aryl methyl sites for hydroxylation is 2. The van der Waals surface area contributed by atoms with E-state index in [9.17, 15) is 5.11 Å². The van der Waals surface area contributed by atoms with Crippen molar-refractivity contribution in [3.05, 3.63) is 53.2 Å². The Hall–Kier alpha value is -1.65. The van der Waals surface area contributed by atoms with E-state index in [0.29, 0.717) is 18.8 Å². The largest absolute Gasteiger partial charge is 0.463 e. The summed E-state index contributed by atoms with van der Waals surface area (Å²) in [6.45, 7) is 6.69. The lowest BCUT2D eigenvalue weighted by Crippen LogP contribution is -2.34. The molecule has 0 aliphatic carbocycles. The summed E-state index contributed by atoms with van der Waals surface area (Å²) < 4.78 is 5.47. The summed E-state index contributed by atoms with van der Waals surface area (Å²) in [4.78, 5) is 4.23. The van der Waals surface area contributed by atoms with Gasteiger partial charge < -0.3 is 14.8 Å². The molecule has 102 valence electrons. The molecule has 1 atom stereocenters. The lowest BCUT2D eigenvalue weighted by molar-refractivity contribution is 0.0332. The number of rotatable bonds is 5. The molecule has 1 unspecified atom stereocenters. The lowest BCUT2D eigenvalue weighted by atomic mass is 10.0. The lowest BCUT2D eigenvalue weighted by Gasteiger charge is -2.21. The molecule has 19 heavy (non-hydrogen) atoms. The van der Waals surface area contributed by atoms with E-state index in [1.54, 1.807) is 13.1 Å². The number of furan rings is 1. The van der Waals surface area contributed by atoms with Crippen molar-refractivity contribution >= 4 is 0 Å². The smallest absolute Gasteiger partial charge is 0.136 e. The van der Waals surface area contributed by atoms with Gasteiger partial charge in [0, 0.05) is 25.0 Å². The second kappa shape index (κ2) is 5.55. The molecule has 0 aliphatic rings. The van der Waals surface area contributed by atoms with E-state index in [-0.39, 0.29) is 0 Å². The Balaban J connectivity index is 1.94. The maximum Gasteiger partial charge on any atom is 0.136 e. The average Bonchev–Trinajstić information content (AvgIpc) is 2.79. The first kappa shape index (κ1) is 13.8. The SMILES string of the molecule is Cc1ccc(C(C)(O)CNCc2cccnc2C)o1. The minimum Gasteiger partial charge on any atom is -0.463 e. The summed E-state index contributed by atoms with van der Waals surface area (Å²) in [6.07, 6.45) is 1.78. The Labute approximate surface area is 113 Å². The van der Waals surface area contributed by atoms with Crippen molar-refractivity contribution in [2.75, 3.05) is 6.54 Å². The fourth-order valence-corrected chi connectivity index (χ4v) is 1.96. The minimum absolute atomic E-state index is 0.425. The molecule has 4 nitrogen and oxygen atoms in total. The molecule has 4 heteroatoms. The van der Waals surface area contributed by atoms with Crippen LogP contribution >= 0.6 is 0 Å². The van der Waals surface area contributed by atoms with Gasteiger partial charge >= 0.3 is 0 Å². The summed E-state index contributed by atoms with van der Waals surface area (Å²) in [5.74, 6) is 1.39. The van der Waals surface area contributed by atoms with E-state index in [4.69, 9.17) is 4.42 Å². The molecule has 0 saturated heterocycles. The predicted molar refractivity (Wildman–Crippen MR) is 73.7 cm³/mol. The van der Waals surface area contributed by atoms with Crippen LogP contribution in [0, 0.1) is 13.8 Å². The standard InChI is InChI=1S/C15H20N2O2/c1-11-6-7-14(19-11)15(3,18)10-16-9-13-5-4-8-17-12(13)2/h4-8,16,18H,9-10H2,1-3H3. The monoisotopic (exact) mass is 260 g/mol. The van der Waals surface area contributed by atoms with Gasteiger partial charge in [0.2, 0.25) is 0 Å². The van der Waals surface area contributed by atoms with E-state index >= 15 is 0 Å². The van der Waals surface area contributed by atoms with Crippen molar-refractivity contribution in [1.82, 2.24) is 10.3 Å². The second-order valence-electron chi connectivity index (χ2n) is 5.04. The van der Waals surface area contributed by atoms with Gasteiger partial charge in [0.1, 0.15) is 17.1 Å². The average molecular weight is 260 g/mol. The zero-order valence-electron chi connectivity index (χ0n) is 11.6. The molecule has 0 saturated carbocycles. The fraction of sp³-hybridized carbons (Fsp3) is 0.400. The summed E-state index contributed by atoms with van der Waals surface area (Å²) in [6, 6.07) is 7.61. The predicted octanol–water partition coefficient (Wildman–Crippen LogP) is 2.29. The van der Waals surface area contributed by atoms with Crippen molar-refractivity contribution in [3.8, 4) is 0 Å². The Morgan fingerprint density at radius 2 is 2.11 bits per heavy atom. The molecule has 0 fully saturated rings. The number of nitrogens with one attached hydrogen (secondary N) is 1. The number of aliphatic hydroxyl groups is 1. The van der Waals surface area contributed by atoms with Gasteiger partial charge in [-0.3, -0.25) is 4.98 Å². The number of nitrogens with zero attached hydrogens (tertiary/aromatic N) is 1. The highest BCUT2D eigenvalue weighted by atomic mass is 16.4. The molecular weight excluding hydrogens is 240 g/mol. The van der Waals surface area contributed by atoms with E-state index in [1.165, 1.54) is 0 Å². The molecule has 0 aromatic carbocycles. The molecule has 2 heterocycles. The first-order valence-corrected chi connectivity index (χ1v) is 6.39. The van der Waals surface area contributed by atoms with Crippen LogP contribution in [0.5, 0.6) is 0 Å². The van der Waals surface area contributed by atoms with Crippen LogP contribution in [0.4, 0.5) is 0 Å². The summed E-state index contributed by atoms with van der Waals surface area (Å²) in [5, 5.41) is 13.6. The van der Waals surface area contributed by atoms with Gasteiger partial charge in [0.15, 0.2) is 0 Å². The van der Waals surface area contributed by atoms with E-state index in [1.807, 2.05) is 38.1 Å². The zero-order chi connectivity index (χ0) is 13.9. The van der Waals surface area contributed by atoms with Crippen LogP contribution in [0.25, 0.3) is 0 Å². The van der Waals surface area contributed by atoms with Crippen LogP contribution in [0.1, 0.15) is 29.7 Å². The number of aromatic nitrogens is 1. The van der Waals surface area contributed by atoms with Gasteiger partial charge in [-0.2, -0.15) is 0 Å². The van der Waals surface area contributed by atoms with E-state index < -0.39 is 5.60 Å². The number of hydrogen-bond acceptors (Lipinski definition) is 4. The van der Waals surface area contributed by atoms with Crippen LogP contribution in [0.2, 0.25) is 0 Å². The number of hydrogen-bond donors (Lipinski definition) is 2. The van der Waals surface area contributed by atoms with Crippen molar-refractivity contribution < 1.29 is 9.52 Å². The topological polar surface area (TPSA) is 58.3 Å². The first-order valence-electron chi connectivity index (χ1n) is 6.39. The third-order valence-corrected chi connectivity index (χ3v) is 3.17. The molecule has 0 spiro atoms. The third kappa shape index (κ3) is 3.43. The van der Waals surface area contributed by atoms with Crippen LogP contribution in [-0.4, -0.2) is 16.6 Å². The number of pyridine rings is 1. The van der Waals surface area contributed by atoms with E-state index in [2.05, 4.69) is 10.3 Å². The molecule has 0 bridgehead atoms. The van der Waals surface area contributed by atoms with Crippen molar-refractivity contribution in [2.24, 2.45) is 0 Å². The Morgan fingerprint density at radius 3 is 2.74 bits per heavy atom. The quantitative estimate of drug-likeness (QED) is 0.866. The van der Waals surface area contributed by atoms with Gasteiger partial charge in [-0.1, -0.05) is 6.07 Å².